The second kappa shape index (κ2) is 5.47. The quantitative estimate of drug-likeness (QED) is 0.785. The van der Waals surface area contributed by atoms with Crippen LogP contribution < -0.4 is 5.32 Å². The molecule has 2 aromatic heterocycles. The summed E-state index contributed by atoms with van der Waals surface area (Å²) in [7, 11) is 2.13. The maximum Gasteiger partial charge on any atom is 0.0541 e. The molecule has 1 N–H and O–H groups in total. The molecule has 0 saturated carbocycles. The third-order valence-electron chi connectivity index (χ3n) is 3.83. The Hall–Kier alpha value is -2.13. The molecular weight excluding hydrogens is 246 g/mol. The largest absolute Gasteiger partial charge is 0.346 e. The molecule has 0 spiro atoms. The van der Waals surface area contributed by atoms with Gasteiger partial charge in [-0.25, -0.2) is 0 Å². The monoisotopic (exact) mass is 265 g/mol. The molecule has 3 heteroatoms. The molecule has 0 aliphatic rings. The molecule has 0 amide bonds. The van der Waals surface area contributed by atoms with E-state index in [9.17, 15) is 0 Å². The van der Waals surface area contributed by atoms with E-state index in [1.807, 2.05) is 24.4 Å². The van der Waals surface area contributed by atoms with Gasteiger partial charge in [-0.1, -0.05) is 24.3 Å². The summed E-state index contributed by atoms with van der Waals surface area (Å²) in [4.78, 5) is 4.33. The normalized spacial score (nSPS) is 11.1. The predicted molar refractivity (Wildman–Crippen MR) is 82.4 cm³/mol. The topological polar surface area (TPSA) is 29.9 Å². The van der Waals surface area contributed by atoms with Crippen molar-refractivity contribution >= 4 is 10.9 Å². The van der Waals surface area contributed by atoms with Crippen LogP contribution in [-0.2, 0) is 20.1 Å². The molecule has 3 aromatic rings. The Balaban J connectivity index is 1.78. The Morgan fingerprint density at radius 1 is 1.05 bits per heavy atom. The number of aryl methyl sites for hydroxylation is 2. The van der Waals surface area contributed by atoms with Crippen molar-refractivity contribution in [3.05, 3.63) is 65.6 Å². The van der Waals surface area contributed by atoms with Gasteiger partial charge in [0.05, 0.1) is 5.69 Å². The van der Waals surface area contributed by atoms with Crippen molar-refractivity contribution in [1.82, 2.24) is 14.9 Å². The fourth-order valence-corrected chi connectivity index (χ4v) is 2.70. The molecule has 102 valence electrons. The van der Waals surface area contributed by atoms with E-state index in [0.717, 1.165) is 18.8 Å². The van der Waals surface area contributed by atoms with E-state index in [0.29, 0.717) is 0 Å². The van der Waals surface area contributed by atoms with Crippen LogP contribution in [-0.4, -0.2) is 9.55 Å². The summed E-state index contributed by atoms with van der Waals surface area (Å²) in [5.41, 5.74) is 5.06. The lowest BCUT2D eigenvalue weighted by Crippen LogP contribution is -2.16. The summed E-state index contributed by atoms with van der Waals surface area (Å²) in [6, 6.07) is 14.6. The van der Waals surface area contributed by atoms with E-state index in [4.69, 9.17) is 0 Å². The van der Waals surface area contributed by atoms with E-state index in [1.54, 1.807) is 0 Å². The molecule has 3 rings (SSSR count). The van der Waals surface area contributed by atoms with Gasteiger partial charge in [0.1, 0.15) is 0 Å². The van der Waals surface area contributed by atoms with E-state index >= 15 is 0 Å². The summed E-state index contributed by atoms with van der Waals surface area (Å²) in [6.45, 7) is 3.84. The van der Waals surface area contributed by atoms with Crippen molar-refractivity contribution in [2.75, 3.05) is 0 Å². The number of aromatic nitrogens is 2. The first-order chi connectivity index (χ1) is 9.77. The first-order valence-corrected chi connectivity index (χ1v) is 6.91. The van der Waals surface area contributed by atoms with Gasteiger partial charge in [-0.2, -0.15) is 0 Å². The Morgan fingerprint density at radius 2 is 1.85 bits per heavy atom. The highest BCUT2D eigenvalue weighted by Crippen LogP contribution is 2.24. The minimum atomic E-state index is 0.793. The van der Waals surface area contributed by atoms with Gasteiger partial charge in [0.2, 0.25) is 0 Å². The number of nitrogens with zero attached hydrogens (tertiary/aromatic N) is 2. The molecule has 1 aromatic carbocycles. The van der Waals surface area contributed by atoms with Crippen LogP contribution >= 0.6 is 0 Å². The third kappa shape index (κ3) is 2.32. The smallest absolute Gasteiger partial charge is 0.0541 e. The number of nitrogens with one attached hydrogen (secondary N) is 1. The summed E-state index contributed by atoms with van der Waals surface area (Å²) >= 11 is 0. The van der Waals surface area contributed by atoms with Gasteiger partial charge in [0.15, 0.2) is 0 Å². The maximum absolute atomic E-state index is 4.33. The standard InChI is InChI=1S/C17H19N3/c1-13-15-8-3-4-9-16(15)20(2)17(13)12-18-11-14-7-5-6-10-19-14/h3-10,18H,11-12H2,1-2H3. The van der Waals surface area contributed by atoms with Crippen molar-refractivity contribution in [2.24, 2.45) is 7.05 Å². The van der Waals surface area contributed by atoms with Crippen molar-refractivity contribution in [2.45, 2.75) is 20.0 Å². The molecule has 0 saturated heterocycles. The van der Waals surface area contributed by atoms with Gasteiger partial charge in [-0.15, -0.1) is 0 Å². The lowest BCUT2D eigenvalue weighted by Gasteiger charge is -2.07. The zero-order valence-electron chi connectivity index (χ0n) is 11.9. The second-order valence-electron chi connectivity index (χ2n) is 5.07. The summed E-state index contributed by atoms with van der Waals surface area (Å²) in [5, 5.41) is 4.81. The Bertz CT molecular complexity index is 675. The van der Waals surface area contributed by atoms with Crippen molar-refractivity contribution in [3.8, 4) is 0 Å². The number of hydrogen-bond acceptors (Lipinski definition) is 2. The van der Waals surface area contributed by atoms with Crippen LogP contribution in [0.2, 0.25) is 0 Å². The lowest BCUT2D eigenvalue weighted by molar-refractivity contribution is 0.647. The molecule has 0 fully saturated rings. The van der Waals surface area contributed by atoms with Crippen molar-refractivity contribution in [1.29, 1.82) is 0 Å². The maximum atomic E-state index is 4.33. The fourth-order valence-electron chi connectivity index (χ4n) is 2.70. The van der Waals surface area contributed by atoms with E-state index in [-0.39, 0.29) is 0 Å². The number of fused-ring (bicyclic) bond motifs is 1. The number of pyridine rings is 1. The highest BCUT2D eigenvalue weighted by Gasteiger charge is 2.10. The molecule has 3 nitrogen and oxygen atoms in total. The fraction of sp³-hybridized carbons (Fsp3) is 0.235. The first-order valence-electron chi connectivity index (χ1n) is 6.91. The molecule has 0 atom stereocenters. The zero-order chi connectivity index (χ0) is 13.9. The first kappa shape index (κ1) is 12.9. The van der Waals surface area contributed by atoms with Gasteiger partial charge in [-0.05, 0) is 30.7 Å². The van der Waals surface area contributed by atoms with Crippen molar-refractivity contribution in [3.63, 3.8) is 0 Å². The number of para-hydroxylation sites is 1. The molecule has 2 heterocycles. The Labute approximate surface area is 119 Å². The second-order valence-corrected chi connectivity index (χ2v) is 5.07. The summed E-state index contributed by atoms with van der Waals surface area (Å²) in [5.74, 6) is 0. The molecule has 0 bridgehead atoms. The lowest BCUT2D eigenvalue weighted by atomic mass is 10.1. The van der Waals surface area contributed by atoms with Gasteiger partial charge in [0.25, 0.3) is 0 Å². The minimum absolute atomic E-state index is 0.793. The average Bonchev–Trinajstić information content (AvgIpc) is 2.74. The van der Waals surface area contributed by atoms with Gasteiger partial charge in [-0.3, -0.25) is 4.98 Å². The third-order valence-corrected chi connectivity index (χ3v) is 3.83. The highest BCUT2D eigenvalue weighted by atomic mass is 15.0. The Morgan fingerprint density at radius 3 is 2.60 bits per heavy atom. The van der Waals surface area contributed by atoms with Crippen LogP contribution in [0.1, 0.15) is 17.0 Å². The van der Waals surface area contributed by atoms with Gasteiger partial charge >= 0.3 is 0 Å². The molecule has 0 unspecified atom stereocenters. The van der Waals surface area contributed by atoms with Crippen LogP contribution in [0.4, 0.5) is 0 Å². The number of rotatable bonds is 4. The van der Waals surface area contributed by atoms with E-state index in [1.165, 1.54) is 22.2 Å². The molecule has 0 aliphatic carbocycles. The molecule has 20 heavy (non-hydrogen) atoms. The summed E-state index contributed by atoms with van der Waals surface area (Å²) < 4.78 is 2.27. The molecular formula is C17H19N3. The number of hydrogen-bond donors (Lipinski definition) is 1. The van der Waals surface area contributed by atoms with E-state index < -0.39 is 0 Å². The summed E-state index contributed by atoms with van der Waals surface area (Å²) in [6.07, 6.45) is 1.83. The van der Waals surface area contributed by atoms with Gasteiger partial charge < -0.3 is 9.88 Å². The minimum Gasteiger partial charge on any atom is -0.346 e. The highest BCUT2D eigenvalue weighted by molar-refractivity contribution is 5.85. The molecule has 0 aliphatic heterocycles. The van der Waals surface area contributed by atoms with Crippen LogP contribution in [0.3, 0.4) is 0 Å². The van der Waals surface area contributed by atoms with Crippen molar-refractivity contribution < 1.29 is 0 Å². The molecule has 0 radical (unpaired) electrons. The van der Waals surface area contributed by atoms with Crippen LogP contribution in [0.25, 0.3) is 10.9 Å². The van der Waals surface area contributed by atoms with E-state index in [2.05, 4.69) is 53.1 Å². The van der Waals surface area contributed by atoms with Crippen LogP contribution in [0, 0.1) is 6.92 Å². The zero-order valence-corrected chi connectivity index (χ0v) is 11.9. The number of benzene rings is 1. The van der Waals surface area contributed by atoms with Crippen LogP contribution in [0.15, 0.2) is 48.7 Å². The average molecular weight is 265 g/mol. The predicted octanol–water partition coefficient (Wildman–Crippen LogP) is 3.17. The SMILES string of the molecule is Cc1c(CNCc2ccccn2)n(C)c2ccccc12. The Kier molecular flexibility index (Phi) is 3.52. The van der Waals surface area contributed by atoms with Crippen LogP contribution in [0.5, 0.6) is 0 Å². The van der Waals surface area contributed by atoms with Gasteiger partial charge in [0, 0.05) is 42.9 Å².